The highest BCUT2D eigenvalue weighted by atomic mass is 16.5. The summed E-state index contributed by atoms with van der Waals surface area (Å²) >= 11 is 0. The average molecular weight is 360 g/mol. The fourth-order valence-corrected chi connectivity index (χ4v) is 2.60. The number of aromatic nitrogens is 2. The number of hydrogen-bond donors (Lipinski definition) is 2. The third-order valence-corrected chi connectivity index (χ3v) is 3.81. The van der Waals surface area contributed by atoms with Gasteiger partial charge in [0, 0.05) is 23.3 Å². The van der Waals surface area contributed by atoms with Crippen molar-refractivity contribution in [2.75, 3.05) is 10.6 Å². The molecule has 0 saturated heterocycles. The molecule has 0 unspecified atom stereocenters. The SMILES string of the molecule is Cc1cc(NC(=O)Nc2ccc(Oc3cccc4cccnc34)cc2)no1. The van der Waals surface area contributed by atoms with Crippen LogP contribution in [-0.4, -0.2) is 16.2 Å². The second kappa shape index (κ2) is 7.17. The second-order valence-corrected chi connectivity index (χ2v) is 5.86. The molecule has 0 aliphatic carbocycles. The lowest BCUT2D eigenvalue weighted by Crippen LogP contribution is -2.19. The number of pyridine rings is 1. The van der Waals surface area contributed by atoms with Gasteiger partial charge in [0.2, 0.25) is 0 Å². The van der Waals surface area contributed by atoms with E-state index in [2.05, 4.69) is 20.8 Å². The largest absolute Gasteiger partial charge is 0.455 e. The molecule has 2 aromatic carbocycles. The normalized spacial score (nSPS) is 10.6. The van der Waals surface area contributed by atoms with Crippen LogP contribution in [0.15, 0.2) is 71.4 Å². The van der Waals surface area contributed by atoms with Gasteiger partial charge in [0.05, 0.1) is 0 Å². The van der Waals surface area contributed by atoms with Crippen molar-refractivity contribution in [3.63, 3.8) is 0 Å². The van der Waals surface area contributed by atoms with Gasteiger partial charge < -0.3 is 14.6 Å². The predicted molar refractivity (Wildman–Crippen MR) is 102 cm³/mol. The van der Waals surface area contributed by atoms with Gasteiger partial charge in [0.1, 0.15) is 17.0 Å². The van der Waals surface area contributed by atoms with Crippen molar-refractivity contribution >= 4 is 28.4 Å². The predicted octanol–water partition coefficient (Wildman–Crippen LogP) is 4.97. The van der Waals surface area contributed by atoms with Crippen LogP contribution in [0.25, 0.3) is 10.9 Å². The van der Waals surface area contributed by atoms with E-state index in [-0.39, 0.29) is 0 Å². The first kappa shape index (κ1) is 16.6. The number of para-hydroxylation sites is 1. The third-order valence-electron chi connectivity index (χ3n) is 3.81. The van der Waals surface area contributed by atoms with E-state index in [0.717, 1.165) is 10.9 Å². The molecular formula is C20H16N4O3. The van der Waals surface area contributed by atoms with E-state index >= 15 is 0 Å². The first-order chi connectivity index (χ1) is 13.2. The third kappa shape index (κ3) is 3.87. The minimum absolute atomic E-state index is 0.355. The molecule has 2 amide bonds. The van der Waals surface area contributed by atoms with Crippen LogP contribution in [-0.2, 0) is 0 Å². The Morgan fingerprint density at radius 3 is 2.63 bits per heavy atom. The fraction of sp³-hybridized carbons (Fsp3) is 0.0500. The van der Waals surface area contributed by atoms with Crippen LogP contribution >= 0.6 is 0 Å². The van der Waals surface area contributed by atoms with E-state index in [1.165, 1.54) is 0 Å². The van der Waals surface area contributed by atoms with Crippen LogP contribution in [0.1, 0.15) is 5.76 Å². The molecular weight excluding hydrogens is 344 g/mol. The first-order valence-electron chi connectivity index (χ1n) is 8.30. The second-order valence-electron chi connectivity index (χ2n) is 5.86. The van der Waals surface area contributed by atoms with Crippen molar-refractivity contribution < 1.29 is 14.1 Å². The van der Waals surface area contributed by atoms with Gasteiger partial charge >= 0.3 is 6.03 Å². The average Bonchev–Trinajstić information content (AvgIpc) is 3.08. The van der Waals surface area contributed by atoms with Crippen LogP contribution in [0.4, 0.5) is 16.3 Å². The highest BCUT2D eigenvalue weighted by molar-refractivity contribution is 5.99. The number of hydrogen-bond acceptors (Lipinski definition) is 5. The fourth-order valence-electron chi connectivity index (χ4n) is 2.60. The summed E-state index contributed by atoms with van der Waals surface area (Å²) in [6.07, 6.45) is 1.73. The van der Waals surface area contributed by atoms with Crippen molar-refractivity contribution in [1.82, 2.24) is 10.1 Å². The Labute approximate surface area is 155 Å². The summed E-state index contributed by atoms with van der Waals surface area (Å²) < 4.78 is 10.8. The van der Waals surface area contributed by atoms with Crippen LogP contribution in [0, 0.1) is 6.92 Å². The Bertz CT molecular complexity index is 1080. The Kier molecular flexibility index (Phi) is 4.40. The summed E-state index contributed by atoms with van der Waals surface area (Å²) in [5.41, 5.74) is 1.42. The molecule has 0 aliphatic heterocycles. The van der Waals surface area contributed by atoms with Crippen molar-refractivity contribution in [2.45, 2.75) is 6.92 Å². The molecule has 0 atom stereocenters. The number of urea groups is 1. The van der Waals surface area contributed by atoms with Crippen LogP contribution in [0.2, 0.25) is 0 Å². The number of nitrogens with zero attached hydrogens (tertiary/aromatic N) is 2. The lowest BCUT2D eigenvalue weighted by atomic mass is 10.2. The standard InChI is InChI=1S/C20H16N4O3/c1-13-12-18(24-27-13)23-20(25)22-15-7-9-16(10-8-15)26-17-6-2-4-14-5-3-11-21-19(14)17/h2-12H,1H3,(H2,22,23,24,25). The number of aryl methyl sites for hydroxylation is 1. The summed E-state index contributed by atoms with van der Waals surface area (Å²) in [4.78, 5) is 16.3. The molecule has 0 bridgehead atoms. The highest BCUT2D eigenvalue weighted by Gasteiger charge is 2.07. The van der Waals surface area contributed by atoms with E-state index in [1.54, 1.807) is 43.5 Å². The van der Waals surface area contributed by atoms with Gasteiger partial charge in [-0.3, -0.25) is 10.3 Å². The Hall–Kier alpha value is -3.87. The van der Waals surface area contributed by atoms with Gasteiger partial charge in [-0.2, -0.15) is 0 Å². The molecule has 4 rings (SSSR count). The summed E-state index contributed by atoms with van der Waals surface area (Å²) in [7, 11) is 0. The van der Waals surface area contributed by atoms with E-state index in [0.29, 0.717) is 28.8 Å². The van der Waals surface area contributed by atoms with Crippen molar-refractivity contribution in [3.8, 4) is 11.5 Å². The maximum Gasteiger partial charge on any atom is 0.324 e. The van der Waals surface area contributed by atoms with E-state index in [4.69, 9.17) is 9.26 Å². The van der Waals surface area contributed by atoms with E-state index in [9.17, 15) is 4.79 Å². The number of nitrogens with one attached hydrogen (secondary N) is 2. The number of ether oxygens (including phenoxy) is 1. The van der Waals surface area contributed by atoms with Gasteiger partial charge in [0.25, 0.3) is 0 Å². The van der Waals surface area contributed by atoms with E-state index < -0.39 is 6.03 Å². The quantitative estimate of drug-likeness (QED) is 0.536. The summed E-state index contributed by atoms with van der Waals surface area (Å²) in [5.74, 6) is 2.29. The molecule has 0 radical (unpaired) electrons. The van der Waals surface area contributed by atoms with Crippen LogP contribution < -0.4 is 15.4 Å². The Morgan fingerprint density at radius 2 is 1.85 bits per heavy atom. The van der Waals surface area contributed by atoms with Crippen molar-refractivity contribution in [3.05, 3.63) is 72.6 Å². The molecule has 0 fully saturated rings. The van der Waals surface area contributed by atoms with Crippen LogP contribution in [0.5, 0.6) is 11.5 Å². The maximum absolute atomic E-state index is 12.0. The monoisotopic (exact) mass is 360 g/mol. The van der Waals surface area contributed by atoms with Gasteiger partial charge in [-0.15, -0.1) is 0 Å². The molecule has 2 aromatic heterocycles. The molecule has 7 heteroatoms. The lowest BCUT2D eigenvalue weighted by Gasteiger charge is -2.09. The molecule has 0 saturated carbocycles. The number of carbonyl (C=O) groups is 1. The zero-order valence-corrected chi connectivity index (χ0v) is 14.5. The van der Waals surface area contributed by atoms with Gasteiger partial charge in [-0.1, -0.05) is 23.4 Å². The minimum Gasteiger partial charge on any atom is -0.455 e. The summed E-state index contributed by atoms with van der Waals surface area (Å²) in [6.45, 7) is 1.75. The number of benzene rings is 2. The number of rotatable bonds is 4. The number of fused-ring (bicyclic) bond motifs is 1. The van der Waals surface area contributed by atoms with Gasteiger partial charge in [-0.25, -0.2) is 4.79 Å². The maximum atomic E-state index is 12.0. The van der Waals surface area contributed by atoms with Crippen molar-refractivity contribution in [1.29, 1.82) is 0 Å². The zero-order valence-electron chi connectivity index (χ0n) is 14.5. The topological polar surface area (TPSA) is 89.3 Å². The van der Waals surface area contributed by atoms with E-state index in [1.807, 2.05) is 30.3 Å². The lowest BCUT2D eigenvalue weighted by molar-refractivity contribution is 0.262. The molecule has 4 aromatic rings. The Morgan fingerprint density at radius 1 is 1.04 bits per heavy atom. The summed E-state index contributed by atoms with van der Waals surface area (Å²) in [5, 5.41) is 10.0. The molecule has 0 spiro atoms. The minimum atomic E-state index is -0.407. The number of amides is 2. The molecule has 134 valence electrons. The van der Waals surface area contributed by atoms with Gasteiger partial charge in [0.15, 0.2) is 11.6 Å². The molecule has 2 N–H and O–H groups in total. The van der Waals surface area contributed by atoms with Crippen LogP contribution in [0.3, 0.4) is 0 Å². The summed E-state index contributed by atoms with van der Waals surface area (Å²) in [6, 6.07) is 17.9. The van der Waals surface area contributed by atoms with Gasteiger partial charge in [-0.05, 0) is 43.3 Å². The Balaban J connectivity index is 1.43. The molecule has 2 heterocycles. The molecule has 27 heavy (non-hydrogen) atoms. The zero-order chi connectivity index (χ0) is 18.6. The molecule has 7 nitrogen and oxygen atoms in total. The number of carbonyl (C=O) groups excluding carboxylic acids is 1. The van der Waals surface area contributed by atoms with Crippen molar-refractivity contribution in [2.24, 2.45) is 0 Å². The smallest absolute Gasteiger partial charge is 0.324 e. The number of anilines is 2. The molecule has 0 aliphatic rings. The highest BCUT2D eigenvalue weighted by Crippen LogP contribution is 2.28. The first-order valence-corrected chi connectivity index (χ1v) is 8.30.